The van der Waals surface area contributed by atoms with Gasteiger partial charge in [0.05, 0.1) is 15.1 Å². The minimum Gasteiger partial charge on any atom is -0.390 e. The first kappa shape index (κ1) is 17.6. The van der Waals surface area contributed by atoms with Crippen LogP contribution in [0.1, 0.15) is 33.9 Å². The van der Waals surface area contributed by atoms with Gasteiger partial charge in [-0.05, 0) is 41.2 Å². The van der Waals surface area contributed by atoms with Crippen molar-refractivity contribution in [2.75, 3.05) is 12.3 Å². The Morgan fingerprint density at radius 3 is 2.74 bits per heavy atom. The summed E-state index contributed by atoms with van der Waals surface area (Å²) in [6, 6.07) is 10.7. The van der Waals surface area contributed by atoms with E-state index in [2.05, 4.69) is 47.4 Å². The van der Waals surface area contributed by atoms with E-state index < -0.39 is 0 Å². The Balaban J connectivity index is 1.51. The third-order valence-electron chi connectivity index (χ3n) is 5.74. The lowest BCUT2D eigenvalue weighted by molar-refractivity contribution is 0.217. The van der Waals surface area contributed by atoms with Gasteiger partial charge < -0.3 is 5.73 Å². The van der Waals surface area contributed by atoms with E-state index in [9.17, 15) is 0 Å². The summed E-state index contributed by atoms with van der Waals surface area (Å²) in [5.41, 5.74) is 11.7. The number of nitrogens with zero attached hydrogens (tertiary/aromatic N) is 1. The predicted molar refractivity (Wildman–Crippen MR) is 116 cm³/mol. The maximum Gasteiger partial charge on any atom is 0.0936 e. The van der Waals surface area contributed by atoms with Crippen molar-refractivity contribution < 1.29 is 0 Å². The van der Waals surface area contributed by atoms with Crippen LogP contribution in [0.3, 0.4) is 0 Å². The molecule has 2 N–H and O–H groups in total. The molecule has 1 aromatic carbocycles. The van der Waals surface area contributed by atoms with Gasteiger partial charge in [0.15, 0.2) is 0 Å². The van der Waals surface area contributed by atoms with E-state index in [1.807, 2.05) is 6.08 Å². The monoisotopic (exact) mass is 414 g/mol. The van der Waals surface area contributed by atoms with Crippen LogP contribution in [0.2, 0.25) is 0 Å². The number of benzene rings is 1. The number of rotatable bonds is 2. The number of thiophene rings is 1. The van der Waals surface area contributed by atoms with Crippen LogP contribution >= 0.6 is 34.5 Å². The van der Waals surface area contributed by atoms with Gasteiger partial charge in [-0.25, -0.2) is 0 Å². The van der Waals surface area contributed by atoms with Crippen molar-refractivity contribution in [3.63, 3.8) is 0 Å². The molecule has 2 atom stereocenters. The van der Waals surface area contributed by atoms with Crippen molar-refractivity contribution in [3.05, 3.63) is 79.7 Å². The van der Waals surface area contributed by atoms with Gasteiger partial charge in [-0.1, -0.05) is 59.6 Å². The van der Waals surface area contributed by atoms with Crippen molar-refractivity contribution in [1.82, 2.24) is 4.90 Å². The lowest BCUT2D eigenvalue weighted by Crippen LogP contribution is -2.33. The normalized spacial score (nSPS) is 24.3. The summed E-state index contributed by atoms with van der Waals surface area (Å²) in [7, 11) is 0. The Hall–Kier alpha value is -1.52. The fourth-order valence-corrected chi connectivity index (χ4v) is 6.14. The van der Waals surface area contributed by atoms with Gasteiger partial charge in [0.1, 0.15) is 0 Å². The number of nitrogens with two attached hydrogens (primary N) is 1. The van der Waals surface area contributed by atoms with Crippen LogP contribution in [0.15, 0.2) is 58.1 Å². The third kappa shape index (κ3) is 3.17. The third-order valence-corrected chi connectivity index (χ3v) is 7.51. The summed E-state index contributed by atoms with van der Waals surface area (Å²) < 4.78 is 0. The van der Waals surface area contributed by atoms with E-state index in [-0.39, 0.29) is 0 Å². The molecule has 3 aliphatic rings. The van der Waals surface area contributed by atoms with Crippen molar-refractivity contribution in [2.45, 2.75) is 25.4 Å². The molecule has 0 fully saturated rings. The van der Waals surface area contributed by atoms with E-state index in [0.717, 1.165) is 31.1 Å². The largest absolute Gasteiger partial charge is 0.390 e. The molecular weight excluding hydrogens is 395 g/mol. The molecule has 0 saturated carbocycles. The van der Waals surface area contributed by atoms with Gasteiger partial charge in [-0.3, -0.25) is 4.90 Å². The first-order valence-corrected chi connectivity index (χ1v) is 10.8. The Kier molecular flexibility index (Phi) is 4.44. The zero-order valence-corrected chi connectivity index (χ0v) is 17.1. The zero-order valence-electron chi connectivity index (χ0n) is 14.8. The van der Waals surface area contributed by atoms with E-state index >= 15 is 0 Å². The summed E-state index contributed by atoms with van der Waals surface area (Å²) in [4.78, 5) is 3.96. The molecule has 2 nitrogen and oxygen atoms in total. The van der Waals surface area contributed by atoms with E-state index in [1.165, 1.54) is 27.1 Å². The van der Waals surface area contributed by atoms with Gasteiger partial charge in [0.25, 0.3) is 0 Å². The van der Waals surface area contributed by atoms with Crippen LogP contribution in [-0.4, -0.2) is 11.4 Å². The molecule has 1 aromatic heterocycles. The molecule has 1 aliphatic heterocycles. The number of halogens is 2. The Morgan fingerprint density at radius 1 is 1.11 bits per heavy atom. The number of nitrogen functional groups attached to an aromatic ring is 1. The molecule has 2 aromatic rings. The van der Waals surface area contributed by atoms with Crippen molar-refractivity contribution in [2.24, 2.45) is 5.92 Å². The smallest absolute Gasteiger partial charge is 0.0936 e. The number of hydrogen-bond donors (Lipinski definition) is 1. The van der Waals surface area contributed by atoms with Crippen LogP contribution in [0.25, 0.3) is 6.08 Å². The molecule has 5 rings (SSSR count). The molecule has 27 heavy (non-hydrogen) atoms. The van der Waals surface area contributed by atoms with Crippen LogP contribution in [-0.2, 0) is 13.1 Å². The summed E-state index contributed by atoms with van der Waals surface area (Å²) in [6.45, 7) is 2.99. The molecule has 0 radical (unpaired) electrons. The van der Waals surface area contributed by atoms with Gasteiger partial charge in [-0.2, -0.15) is 0 Å². The molecule has 0 saturated heterocycles. The van der Waals surface area contributed by atoms with Crippen molar-refractivity contribution in [3.8, 4) is 0 Å². The molecule has 138 valence electrons. The first-order chi connectivity index (χ1) is 13.1. The fraction of sp³-hybridized carbons (Fsp3) is 0.273. The van der Waals surface area contributed by atoms with Crippen LogP contribution in [0, 0.1) is 5.92 Å². The summed E-state index contributed by atoms with van der Waals surface area (Å²) in [5, 5.41) is 2.20. The number of hydrogen-bond acceptors (Lipinski definition) is 3. The number of anilines is 1. The van der Waals surface area contributed by atoms with Gasteiger partial charge in [-0.15, -0.1) is 11.3 Å². The Bertz CT molecular complexity index is 987. The molecule has 2 heterocycles. The minimum absolute atomic E-state index is 0.298. The number of fused-ring (bicyclic) bond motifs is 1. The SMILES string of the molecule is Nc1sc2c3c1C=C1C=C(Cl)C(Cl)=CC1CC3CN(Cc1ccccc1)C2. The summed E-state index contributed by atoms with van der Waals surface area (Å²) >= 11 is 14.4. The molecular formula is C22H20Cl2N2S. The lowest BCUT2D eigenvalue weighted by atomic mass is 9.83. The number of allylic oxidation sites excluding steroid dienone is 5. The van der Waals surface area contributed by atoms with Crippen LogP contribution in [0.5, 0.6) is 0 Å². The summed E-state index contributed by atoms with van der Waals surface area (Å²) in [6.07, 6.45) is 7.41. The van der Waals surface area contributed by atoms with Crippen LogP contribution < -0.4 is 5.73 Å². The quantitative estimate of drug-likeness (QED) is 0.643. The standard InChI is InChI=1S/C22H20Cl2N2S/c23-18-8-14-6-16-11-26(10-13-4-2-1-3-5-13)12-20-21(16)17(22(25)27-20)7-15(14)9-19(18)24/h1-5,7-9,14,16H,6,10-12,25H2. The highest BCUT2D eigenvalue weighted by molar-refractivity contribution is 7.16. The van der Waals surface area contributed by atoms with Gasteiger partial charge in [0.2, 0.25) is 0 Å². The van der Waals surface area contributed by atoms with E-state index in [0.29, 0.717) is 21.9 Å². The topological polar surface area (TPSA) is 29.3 Å². The average molecular weight is 415 g/mol. The second-order valence-electron chi connectivity index (χ2n) is 7.56. The predicted octanol–water partition coefficient (Wildman–Crippen LogP) is 6.09. The second-order valence-corrected chi connectivity index (χ2v) is 9.51. The highest BCUT2D eigenvalue weighted by Gasteiger charge is 2.35. The fourth-order valence-electron chi connectivity index (χ4n) is 4.57. The first-order valence-electron chi connectivity index (χ1n) is 9.22. The van der Waals surface area contributed by atoms with Crippen LogP contribution in [0.4, 0.5) is 5.00 Å². The van der Waals surface area contributed by atoms with Crippen molar-refractivity contribution in [1.29, 1.82) is 0 Å². The average Bonchev–Trinajstić information content (AvgIpc) is 2.85. The maximum absolute atomic E-state index is 6.44. The Morgan fingerprint density at radius 2 is 1.93 bits per heavy atom. The highest BCUT2D eigenvalue weighted by Crippen LogP contribution is 2.49. The van der Waals surface area contributed by atoms with Gasteiger partial charge >= 0.3 is 0 Å². The van der Waals surface area contributed by atoms with Gasteiger partial charge in [0, 0.05) is 36.0 Å². The zero-order chi connectivity index (χ0) is 18.5. The molecule has 0 spiro atoms. The molecule has 2 aliphatic carbocycles. The molecule has 2 unspecified atom stereocenters. The lowest BCUT2D eigenvalue weighted by Gasteiger charge is -2.34. The highest BCUT2D eigenvalue weighted by atomic mass is 35.5. The van der Waals surface area contributed by atoms with Crippen molar-refractivity contribution >= 4 is 45.6 Å². The Labute approximate surface area is 173 Å². The maximum atomic E-state index is 6.44. The second kappa shape index (κ2) is 6.82. The molecule has 0 amide bonds. The molecule has 5 heteroatoms. The van der Waals surface area contributed by atoms with E-state index in [1.54, 1.807) is 11.3 Å². The molecule has 0 bridgehead atoms. The minimum atomic E-state index is 0.298. The van der Waals surface area contributed by atoms with E-state index in [4.69, 9.17) is 28.9 Å². The summed E-state index contributed by atoms with van der Waals surface area (Å²) in [5.74, 6) is 0.761.